The van der Waals surface area contributed by atoms with Crippen LogP contribution in [0.1, 0.15) is 28.7 Å². The molecule has 0 aromatic carbocycles. The van der Waals surface area contributed by atoms with E-state index >= 15 is 0 Å². The molecule has 4 nitrogen and oxygen atoms in total. The molecule has 0 saturated carbocycles. The molecular formula is C10H14N4S. The van der Waals surface area contributed by atoms with Gasteiger partial charge in [-0.05, 0) is 13.8 Å². The van der Waals surface area contributed by atoms with Gasteiger partial charge in [0.15, 0.2) is 0 Å². The Morgan fingerprint density at radius 1 is 1.53 bits per heavy atom. The first-order valence-electron chi connectivity index (χ1n) is 4.89. The molecule has 2 aromatic heterocycles. The van der Waals surface area contributed by atoms with Crippen molar-refractivity contribution in [3.8, 4) is 0 Å². The van der Waals surface area contributed by atoms with Crippen LogP contribution in [0.3, 0.4) is 0 Å². The molecule has 0 radical (unpaired) electrons. The first kappa shape index (κ1) is 10.3. The van der Waals surface area contributed by atoms with Crippen LogP contribution in [-0.4, -0.2) is 15.0 Å². The molecule has 0 aliphatic rings. The molecule has 0 amide bonds. The zero-order valence-corrected chi connectivity index (χ0v) is 9.64. The fourth-order valence-corrected chi connectivity index (χ4v) is 2.10. The lowest BCUT2D eigenvalue weighted by molar-refractivity contribution is 0.554. The lowest BCUT2D eigenvalue weighted by Gasteiger charge is -2.09. The Labute approximate surface area is 92.8 Å². The van der Waals surface area contributed by atoms with E-state index in [4.69, 9.17) is 0 Å². The molecule has 2 heterocycles. The molecule has 2 rings (SSSR count). The minimum atomic E-state index is 0.238. The van der Waals surface area contributed by atoms with Crippen molar-refractivity contribution in [1.82, 2.24) is 20.3 Å². The summed E-state index contributed by atoms with van der Waals surface area (Å²) < 4.78 is 0. The van der Waals surface area contributed by atoms with Crippen LogP contribution in [0.4, 0.5) is 0 Å². The van der Waals surface area contributed by atoms with Crippen molar-refractivity contribution >= 4 is 11.3 Å². The van der Waals surface area contributed by atoms with E-state index in [2.05, 4.69) is 27.2 Å². The van der Waals surface area contributed by atoms with E-state index < -0.39 is 0 Å². The van der Waals surface area contributed by atoms with Gasteiger partial charge >= 0.3 is 0 Å². The van der Waals surface area contributed by atoms with E-state index in [0.717, 1.165) is 17.4 Å². The number of rotatable bonds is 4. The molecule has 80 valence electrons. The van der Waals surface area contributed by atoms with Gasteiger partial charge in [-0.3, -0.25) is 0 Å². The minimum Gasteiger partial charge on any atom is -0.347 e. The van der Waals surface area contributed by atoms with Gasteiger partial charge < -0.3 is 10.3 Å². The monoisotopic (exact) mass is 222 g/mol. The average molecular weight is 222 g/mol. The van der Waals surface area contributed by atoms with Gasteiger partial charge in [-0.1, -0.05) is 0 Å². The summed E-state index contributed by atoms with van der Waals surface area (Å²) in [4.78, 5) is 12.8. The summed E-state index contributed by atoms with van der Waals surface area (Å²) in [6.45, 7) is 4.95. The number of nitrogens with one attached hydrogen (secondary N) is 2. The van der Waals surface area contributed by atoms with E-state index in [1.165, 1.54) is 4.88 Å². The highest BCUT2D eigenvalue weighted by atomic mass is 32.1. The van der Waals surface area contributed by atoms with E-state index in [9.17, 15) is 0 Å². The summed E-state index contributed by atoms with van der Waals surface area (Å²) in [5.41, 5.74) is 0. The van der Waals surface area contributed by atoms with Crippen LogP contribution in [0.15, 0.2) is 18.6 Å². The minimum absolute atomic E-state index is 0.238. The topological polar surface area (TPSA) is 53.6 Å². The first-order chi connectivity index (χ1) is 7.25. The first-order valence-corrected chi connectivity index (χ1v) is 5.71. The predicted octanol–water partition coefficient (Wildman–Crippen LogP) is 2.03. The van der Waals surface area contributed by atoms with Gasteiger partial charge in [0.1, 0.15) is 5.82 Å². The number of aromatic nitrogens is 3. The number of nitrogens with zero attached hydrogens (tertiary/aromatic N) is 2. The van der Waals surface area contributed by atoms with Crippen LogP contribution in [-0.2, 0) is 6.54 Å². The Balaban J connectivity index is 1.88. The maximum atomic E-state index is 4.21. The molecule has 0 bridgehead atoms. The highest BCUT2D eigenvalue weighted by molar-refractivity contribution is 7.11. The second kappa shape index (κ2) is 4.55. The van der Waals surface area contributed by atoms with Crippen molar-refractivity contribution in [1.29, 1.82) is 0 Å². The molecular weight excluding hydrogens is 208 g/mol. The van der Waals surface area contributed by atoms with Gasteiger partial charge in [0.2, 0.25) is 0 Å². The number of aryl methyl sites for hydroxylation is 1. The highest BCUT2D eigenvalue weighted by Gasteiger charge is 2.07. The number of hydrogen-bond acceptors (Lipinski definition) is 4. The SMILES string of the molecule is Cc1ncc(CNC(C)c2ncc[nH]2)s1. The Hall–Kier alpha value is -1.20. The molecule has 0 saturated heterocycles. The molecule has 15 heavy (non-hydrogen) atoms. The molecule has 2 N–H and O–H groups in total. The fourth-order valence-electron chi connectivity index (χ4n) is 1.35. The van der Waals surface area contributed by atoms with Crippen LogP contribution in [0, 0.1) is 6.92 Å². The standard InChI is InChI=1S/C10H14N4S/c1-7(10-11-3-4-12-10)13-5-9-6-14-8(2)15-9/h3-4,6-7,13H,5H2,1-2H3,(H,11,12). The van der Waals surface area contributed by atoms with E-state index in [1.807, 2.05) is 19.3 Å². The second-order valence-electron chi connectivity index (χ2n) is 3.42. The number of imidazole rings is 1. The molecule has 0 aliphatic heterocycles. The van der Waals surface area contributed by atoms with Crippen LogP contribution >= 0.6 is 11.3 Å². The van der Waals surface area contributed by atoms with Crippen molar-refractivity contribution in [2.75, 3.05) is 0 Å². The van der Waals surface area contributed by atoms with Gasteiger partial charge in [-0.2, -0.15) is 0 Å². The number of hydrogen-bond donors (Lipinski definition) is 2. The Bertz CT molecular complexity index is 407. The highest BCUT2D eigenvalue weighted by Crippen LogP contribution is 2.13. The van der Waals surface area contributed by atoms with Crippen LogP contribution in [0.25, 0.3) is 0 Å². The van der Waals surface area contributed by atoms with Crippen LogP contribution in [0.5, 0.6) is 0 Å². The molecule has 1 atom stereocenters. The molecule has 5 heteroatoms. The number of aromatic amines is 1. The maximum absolute atomic E-state index is 4.21. The summed E-state index contributed by atoms with van der Waals surface area (Å²) in [6, 6.07) is 0.238. The number of thiazole rings is 1. The quantitative estimate of drug-likeness (QED) is 0.832. The third-order valence-electron chi connectivity index (χ3n) is 2.18. The Morgan fingerprint density at radius 3 is 3.00 bits per heavy atom. The molecule has 1 unspecified atom stereocenters. The van der Waals surface area contributed by atoms with Gasteiger partial charge in [0.25, 0.3) is 0 Å². The van der Waals surface area contributed by atoms with Gasteiger partial charge in [-0.25, -0.2) is 9.97 Å². The summed E-state index contributed by atoms with van der Waals surface area (Å²) in [5, 5.41) is 4.50. The number of H-pyrrole nitrogens is 1. The summed E-state index contributed by atoms with van der Waals surface area (Å²) >= 11 is 1.72. The van der Waals surface area contributed by atoms with E-state index in [0.29, 0.717) is 0 Å². The third-order valence-corrected chi connectivity index (χ3v) is 3.09. The van der Waals surface area contributed by atoms with Crippen molar-refractivity contribution in [2.24, 2.45) is 0 Å². The lowest BCUT2D eigenvalue weighted by atomic mass is 10.3. The van der Waals surface area contributed by atoms with E-state index in [1.54, 1.807) is 17.5 Å². The fraction of sp³-hybridized carbons (Fsp3) is 0.400. The third kappa shape index (κ3) is 2.64. The van der Waals surface area contributed by atoms with Gasteiger partial charge in [-0.15, -0.1) is 11.3 Å². The molecule has 0 aliphatic carbocycles. The van der Waals surface area contributed by atoms with E-state index in [-0.39, 0.29) is 6.04 Å². The summed E-state index contributed by atoms with van der Waals surface area (Å²) in [6.07, 6.45) is 5.52. The zero-order chi connectivity index (χ0) is 10.7. The van der Waals surface area contributed by atoms with Gasteiger partial charge in [0.05, 0.1) is 11.0 Å². The molecule has 0 spiro atoms. The van der Waals surface area contributed by atoms with Crippen molar-refractivity contribution < 1.29 is 0 Å². The Morgan fingerprint density at radius 2 is 2.40 bits per heavy atom. The Kier molecular flexibility index (Phi) is 3.13. The smallest absolute Gasteiger partial charge is 0.122 e. The van der Waals surface area contributed by atoms with Crippen molar-refractivity contribution in [3.05, 3.63) is 34.3 Å². The van der Waals surface area contributed by atoms with Gasteiger partial charge in [0, 0.05) is 30.0 Å². The average Bonchev–Trinajstić information content (AvgIpc) is 2.84. The molecule has 0 fully saturated rings. The lowest BCUT2D eigenvalue weighted by Crippen LogP contribution is -2.18. The van der Waals surface area contributed by atoms with Crippen LogP contribution < -0.4 is 5.32 Å². The van der Waals surface area contributed by atoms with Crippen LogP contribution in [0.2, 0.25) is 0 Å². The summed E-state index contributed by atoms with van der Waals surface area (Å²) in [7, 11) is 0. The normalized spacial score (nSPS) is 12.9. The largest absolute Gasteiger partial charge is 0.347 e. The van der Waals surface area contributed by atoms with Crippen molar-refractivity contribution in [2.45, 2.75) is 26.4 Å². The molecule has 2 aromatic rings. The second-order valence-corrected chi connectivity index (χ2v) is 4.74. The zero-order valence-electron chi connectivity index (χ0n) is 8.82. The predicted molar refractivity (Wildman–Crippen MR) is 60.7 cm³/mol. The maximum Gasteiger partial charge on any atom is 0.122 e. The summed E-state index contributed by atoms with van der Waals surface area (Å²) in [5.74, 6) is 0.969. The van der Waals surface area contributed by atoms with Crippen molar-refractivity contribution in [3.63, 3.8) is 0 Å².